The maximum atomic E-state index is 11.0. The van der Waals surface area contributed by atoms with Crippen LogP contribution < -0.4 is 5.73 Å². The van der Waals surface area contributed by atoms with E-state index >= 15 is 0 Å². The van der Waals surface area contributed by atoms with Crippen LogP contribution in [0.4, 0.5) is 0 Å². The number of nitrogens with two attached hydrogens (primary N) is 1. The van der Waals surface area contributed by atoms with Crippen LogP contribution in [0, 0.1) is 19.3 Å². The lowest BCUT2D eigenvalue weighted by atomic mass is 9.75. The maximum Gasteiger partial charge on any atom is 0.0867 e. The van der Waals surface area contributed by atoms with Crippen LogP contribution in [-0.4, -0.2) is 11.7 Å². The quantitative estimate of drug-likeness (QED) is 0.908. The van der Waals surface area contributed by atoms with Crippen LogP contribution in [0.25, 0.3) is 0 Å². The van der Waals surface area contributed by atoms with E-state index in [1.807, 2.05) is 0 Å². The standard InChI is InChI=1S/C19H23NO/c1-13-7-8-17(14(2)9-13)18(21)19(12-20)10-15-5-3-4-6-16(15)11-19/h3-9,18,21H,10-12,20H2,1-2H3. The van der Waals surface area contributed by atoms with Crippen molar-refractivity contribution in [3.8, 4) is 0 Å². The number of hydrogen-bond donors (Lipinski definition) is 2. The summed E-state index contributed by atoms with van der Waals surface area (Å²) in [6.45, 7) is 4.64. The summed E-state index contributed by atoms with van der Waals surface area (Å²) in [5.41, 5.74) is 11.9. The Balaban J connectivity index is 1.98. The van der Waals surface area contributed by atoms with E-state index in [-0.39, 0.29) is 5.41 Å². The molecule has 1 unspecified atom stereocenters. The van der Waals surface area contributed by atoms with E-state index in [1.165, 1.54) is 16.7 Å². The van der Waals surface area contributed by atoms with Gasteiger partial charge < -0.3 is 10.8 Å². The van der Waals surface area contributed by atoms with Crippen LogP contribution in [0.5, 0.6) is 0 Å². The number of benzene rings is 2. The van der Waals surface area contributed by atoms with Crippen LogP contribution >= 0.6 is 0 Å². The van der Waals surface area contributed by atoms with Crippen LogP contribution in [-0.2, 0) is 12.8 Å². The van der Waals surface area contributed by atoms with Gasteiger partial charge in [-0.1, -0.05) is 48.0 Å². The predicted octanol–water partition coefficient (Wildman–Crippen LogP) is 3.08. The Morgan fingerprint density at radius 3 is 2.24 bits per heavy atom. The van der Waals surface area contributed by atoms with Crippen molar-refractivity contribution in [2.75, 3.05) is 6.54 Å². The normalized spacial score (nSPS) is 17.5. The number of rotatable bonds is 3. The molecule has 0 radical (unpaired) electrons. The number of fused-ring (bicyclic) bond motifs is 1. The third-order valence-electron chi connectivity index (χ3n) is 4.91. The first kappa shape index (κ1) is 14.3. The highest BCUT2D eigenvalue weighted by Gasteiger charge is 2.43. The topological polar surface area (TPSA) is 46.2 Å². The highest BCUT2D eigenvalue weighted by Crippen LogP contribution is 2.45. The highest BCUT2D eigenvalue weighted by atomic mass is 16.3. The molecule has 110 valence electrons. The van der Waals surface area contributed by atoms with Crippen molar-refractivity contribution in [2.24, 2.45) is 11.1 Å². The lowest BCUT2D eigenvalue weighted by Crippen LogP contribution is -2.38. The molecule has 2 aromatic carbocycles. The maximum absolute atomic E-state index is 11.0. The van der Waals surface area contributed by atoms with E-state index in [2.05, 4.69) is 56.3 Å². The summed E-state index contributed by atoms with van der Waals surface area (Å²) in [5, 5.41) is 11.0. The van der Waals surface area contributed by atoms with Gasteiger partial charge in [0.2, 0.25) is 0 Å². The fraction of sp³-hybridized carbons (Fsp3) is 0.368. The van der Waals surface area contributed by atoms with E-state index in [9.17, 15) is 5.11 Å². The minimum Gasteiger partial charge on any atom is -0.388 e. The van der Waals surface area contributed by atoms with Crippen LogP contribution in [0.2, 0.25) is 0 Å². The van der Waals surface area contributed by atoms with Gasteiger partial charge in [0, 0.05) is 12.0 Å². The number of hydrogen-bond acceptors (Lipinski definition) is 2. The summed E-state index contributed by atoms with van der Waals surface area (Å²) in [5.74, 6) is 0. The molecule has 3 N–H and O–H groups in total. The molecular weight excluding hydrogens is 258 g/mol. The average molecular weight is 281 g/mol. The van der Waals surface area contributed by atoms with E-state index in [1.54, 1.807) is 0 Å². The molecule has 2 nitrogen and oxygen atoms in total. The number of aryl methyl sites for hydroxylation is 2. The van der Waals surface area contributed by atoms with E-state index in [4.69, 9.17) is 5.73 Å². The zero-order valence-electron chi connectivity index (χ0n) is 12.8. The zero-order valence-corrected chi connectivity index (χ0v) is 12.8. The summed E-state index contributed by atoms with van der Waals surface area (Å²) in [6, 6.07) is 14.7. The average Bonchev–Trinajstić information content (AvgIpc) is 2.86. The molecular formula is C19H23NO. The van der Waals surface area contributed by atoms with Crippen molar-refractivity contribution >= 4 is 0 Å². The van der Waals surface area contributed by atoms with Crippen molar-refractivity contribution in [1.82, 2.24) is 0 Å². The molecule has 0 aliphatic heterocycles. The number of aliphatic hydroxyl groups excluding tert-OH is 1. The fourth-order valence-corrected chi connectivity index (χ4v) is 3.64. The Labute approximate surface area is 126 Å². The van der Waals surface area contributed by atoms with Crippen LogP contribution in [0.15, 0.2) is 42.5 Å². The lowest BCUT2D eigenvalue weighted by molar-refractivity contribution is 0.0353. The molecule has 1 aliphatic carbocycles. The summed E-state index contributed by atoms with van der Waals surface area (Å²) in [4.78, 5) is 0. The summed E-state index contributed by atoms with van der Waals surface area (Å²) >= 11 is 0. The minimum absolute atomic E-state index is 0.274. The molecule has 0 bridgehead atoms. The van der Waals surface area contributed by atoms with Gasteiger partial charge in [0.1, 0.15) is 0 Å². The first-order valence-electron chi connectivity index (χ1n) is 7.58. The van der Waals surface area contributed by atoms with Crippen LogP contribution in [0.3, 0.4) is 0 Å². The van der Waals surface area contributed by atoms with Crippen LogP contribution in [0.1, 0.15) is 33.9 Å². The Kier molecular flexibility index (Phi) is 3.60. The lowest BCUT2D eigenvalue weighted by Gasteiger charge is -2.34. The first-order valence-corrected chi connectivity index (χ1v) is 7.58. The van der Waals surface area contributed by atoms with Gasteiger partial charge >= 0.3 is 0 Å². The molecule has 0 amide bonds. The third kappa shape index (κ3) is 2.39. The van der Waals surface area contributed by atoms with Gasteiger partial charge in [-0.2, -0.15) is 0 Å². The van der Waals surface area contributed by atoms with Crippen molar-refractivity contribution in [1.29, 1.82) is 0 Å². The van der Waals surface area contributed by atoms with Crippen molar-refractivity contribution in [2.45, 2.75) is 32.8 Å². The molecule has 0 fully saturated rings. The SMILES string of the molecule is Cc1ccc(C(O)C2(CN)Cc3ccccc3C2)c(C)c1. The van der Waals surface area contributed by atoms with Crippen molar-refractivity contribution in [3.63, 3.8) is 0 Å². The molecule has 3 rings (SSSR count). The Hall–Kier alpha value is -1.64. The smallest absolute Gasteiger partial charge is 0.0867 e. The molecule has 0 heterocycles. The van der Waals surface area contributed by atoms with Gasteiger partial charge in [-0.05, 0) is 48.9 Å². The van der Waals surface area contributed by atoms with Crippen molar-refractivity contribution in [3.05, 3.63) is 70.3 Å². The molecule has 2 aromatic rings. The molecule has 1 aliphatic rings. The van der Waals surface area contributed by atoms with Gasteiger partial charge in [0.05, 0.1) is 6.10 Å². The molecule has 1 atom stereocenters. The summed E-state index contributed by atoms with van der Waals surface area (Å²) in [7, 11) is 0. The summed E-state index contributed by atoms with van der Waals surface area (Å²) < 4.78 is 0. The Bertz CT molecular complexity index is 637. The van der Waals surface area contributed by atoms with Gasteiger partial charge in [0.25, 0.3) is 0 Å². The van der Waals surface area contributed by atoms with E-state index < -0.39 is 6.10 Å². The second kappa shape index (κ2) is 5.28. The monoisotopic (exact) mass is 281 g/mol. The molecule has 21 heavy (non-hydrogen) atoms. The second-order valence-electron chi connectivity index (χ2n) is 6.45. The van der Waals surface area contributed by atoms with E-state index in [0.29, 0.717) is 6.54 Å². The third-order valence-corrected chi connectivity index (χ3v) is 4.91. The van der Waals surface area contributed by atoms with E-state index in [0.717, 1.165) is 24.0 Å². The Morgan fingerprint density at radius 1 is 1.10 bits per heavy atom. The van der Waals surface area contributed by atoms with Gasteiger partial charge in [0.15, 0.2) is 0 Å². The summed E-state index contributed by atoms with van der Waals surface area (Å²) in [6.07, 6.45) is 1.19. The van der Waals surface area contributed by atoms with Crippen molar-refractivity contribution < 1.29 is 5.11 Å². The molecule has 0 saturated carbocycles. The Morgan fingerprint density at radius 2 is 1.71 bits per heavy atom. The number of aliphatic hydroxyl groups is 1. The largest absolute Gasteiger partial charge is 0.388 e. The first-order chi connectivity index (χ1) is 10.1. The highest BCUT2D eigenvalue weighted by molar-refractivity contribution is 5.39. The van der Waals surface area contributed by atoms with Gasteiger partial charge in [-0.15, -0.1) is 0 Å². The molecule has 0 saturated heterocycles. The fourth-order valence-electron chi connectivity index (χ4n) is 3.64. The van der Waals surface area contributed by atoms with Gasteiger partial charge in [-0.25, -0.2) is 0 Å². The molecule has 2 heteroatoms. The zero-order chi connectivity index (χ0) is 15.0. The minimum atomic E-state index is -0.518. The molecule has 0 spiro atoms. The molecule has 0 aromatic heterocycles. The van der Waals surface area contributed by atoms with Gasteiger partial charge in [-0.3, -0.25) is 0 Å². The predicted molar refractivity (Wildman–Crippen MR) is 86.2 cm³/mol. The second-order valence-corrected chi connectivity index (χ2v) is 6.45.